The van der Waals surface area contributed by atoms with Gasteiger partial charge in [-0.05, 0) is 79.0 Å². The zero-order chi connectivity index (χ0) is 29.5. The van der Waals surface area contributed by atoms with Crippen molar-refractivity contribution in [3.05, 3.63) is 95.7 Å². The van der Waals surface area contributed by atoms with Gasteiger partial charge >= 0.3 is 5.97 Å². The summed E-state index contributed by atoms with van der Waals surface area (Å²) in [7, 11) is 0. The Morgan fingerprint density at radius 1 is 1.07 bits per heavy atom. The molecular weight excluding hydrogens is 556 g/mol. The monoisotopic (exact) mass is 588 g/mol. The molecule has 0 radical (unpaired) electrons. The summed E-state index contributed by atoms with van der Waals surface area (Å²) in [5.74, 6) is 0.577. The number of carboxylic acid groups (broad SMARTS) is 1. The number of allylic oxidation sites excluding steroid dienone is 6. The van der Waals surface area contributed by atoms with E-state index in [9.17, 15) is 14.7 Å². The number of ether oxygens (including phenoxy) is 2. The first-order valence-corrected chi connectivity index (χ1v) is 14.2. The van der Waals surface area contributed by atoms with Crippen LogP contribution in [-0.4, -0.2) is 70.0 Å². The smallest absolute Gasteiger partial charge is 0.305 e. The maximum absolute atomic E-state index is 13.6. The van der Waals surface area contributed by atoms with Gasteiger partial charge in [-0.25, -0.2) is 9.88 Å². The first kappa shape index (κ1) is 29.2. The summed E-state index contributed by atoms with van der Waals surface area (Å²) < 4.78 is 11.5. The lowest BCUT2D eigenvalue weighted by Gasteiger charge is -2.20. The van der Waals surface area contributed by atoms with Crippen LogP contribution >= 0.6 is 12.2 Å². The second kappa shape index (κ2) is 13.6. The number of pyridine rings is 1. The van der Waals surface area contributed by atoms with Crippen molar-refractivity contribution in [3.63, 3.8) is 0 Å². The lowest BCUT2D eigenvalue weighted by atomic mass is 9.94. The molecule has 2 aromatic rings. The van der Waals surface area contributed by atoms with E-state index in [-0.39, 0.29) is 25.5 Å². The topological polar surface area (TPSA) is 116 Å². The molecule has 1 fully saturated rings. The molecule has 2 aliphatic heterocycles. The van der Waals surface area contributed by atoms with Crippen molar-refractivity contribution >= 4 is 40.7 Å². The Balaban J connectivity index is 1.40. The molecule has 42 heavy (non-hydrogen) atoms. The normalized spacial score (nSPS) is 19.6. The summed E-state index contributed by atoms with van der Waals surface area (Å²) in [4.78, 5) is 34.2. The summed E-state index contributed by atoms with van der Waals surface area (Å²) in [6.07, 6.45) is 11.9. The van der Waals surface area contributed by atoms with Crippen LogP contribution in [0.15, 0.2) is 95.7 Å². The molecule has 1 saturated heterocycles. The molecule has 218 valence electrons. The highest BCUT2D eigenvalue weighted by Crippen LogP contribution is 2.39. The molecule has 3 heterocycles. The number of carbonyl (C=O) groups is 2. The minimum atomic E-state index is -0.874. The maximum Gasteiger partial charge on any atom is 0.305 e. The lowest BCUT2D eigenvalue weighted by molar-refractivity contribution is -0.136. The first-order chi connectivity index (χ1) is 20.5. The number of para-hydroxylation sites is 2. The van der Waals surface area contributed by atoms with Gasteiger partial charge in [0.05, 0.1) is 31.9 Å². The molecule has 5 rings (SSSR count). The number of fused-ring (bicyclic) bond motifs is 1. The standard InChI is InChI=1S/C31H32N4O6S/c36-17-19-40-18-16-34-25(30(39)35(31(34)42)27-10-3-4-14-32-27)21-23-7-5-6-22(20-23)11-12-28-33(15-13-29(37)38)24-8-1-2-9-26(24)41-28/h1-4,8-12,14,20-21,36H,5-7,13,15-19H2,(H,37,38)/b22-11+,25-21+,28-12+. The Labute approximate surface area is 249 Å². The Morgan fingerprint density at radius 2 is 1.90 bits per heavy atom. The number of benzene rings is 1. The molecule has 10 nitrogen and oxygen atoms in total. The summed E-state index contributed by atoms with van der Waals surface area (Å²) in [6.45, 7) is 1.06. The highest BCUT2D eigenvalue weighted by Gasteiger charge is 2.39. The predicted octanol–water partition coefficient (Wildman–Crippen LogP) is 4.16. The summed E-state index contributed by atoms with van der Waals surface area (Å²) in [5, 5.41) is 18.6. The van der Waals surface area contributed by atoms with Gasteiger partial charge in [-0.3, -0.25) is 9.59 Å². The molecule has 0 bridgehead atoms. The molecule has 1 aliphatic carbocycles. The minimum Gasteiger partial charge on any atom is -0.481 e. The summed E-state index contributed by atoms with van der Waals surface area (Å²) in [5.41, 5.74) is 3.33. The number of carbonyl (C=O) groups excluding carboxylic acids is 1. The molecule has 1 amide bonds. The zero-order valence-corrected chi connectivity index (χ0v) is 23.8. The number of hydrogen-bond acceptors (Lipinski definition) is 8. The third-order valence-corrected chi connectivity index (χ3v) is 7.36. The zero-order valence-electron chi connectivity index (χ0n) is 23.0. The number of rotatable bonds is 11. The van der Waals surface area contributed by atoms with E-state index in [1.165, 1.54) is 4.90 Å². The number of thiocarbonyl (C=S) groups is 1. The average Bonchev–Trinajstić information content (AvgIpc) is 3.47. The number of aliphatic hydroxyl groups is 1. The van der Waals surface area contributed by atoms with Crippen molar-refractivity contribution in [1.29, 1.82) is 0 Å². The molecule has 0 saturated carbocycles. The fourth-order valence-electron chi connectivity index (χ4n) is 5.00. The molecular formula is C31H32N4O6S. The number of amides is 1. The van der Waals surface area contributed by atoms with Gasteiger partial charge in [0.15, 0.2) is 10.9 Å². The summed E-state index contributed by atoms with van der Waals surface area (Å²) in [6, 6.07) is 12.9. The Morgan fingerprint density at radius 3 is 2.69 bits per heavy atom. The first-order valence-electron chi connectivity index (χ1n) is 13.8. The Kier molecular flexibility index (Phi) is 9.42. The van der Waals surface area contributed by atoms with Gasteiger partial charge in [0.1, 0.15) is 11.5 Å². The third-order valence-electron chi connectivity index (χ3n) is 6.96. The van der Waals surface area contributed by atoms with Gasteiger partial charge in [0, 0.05) is 19.3 Å². The van der Waals surface area contributed by atoms with E-state index in [0.717, 1.165) is 36.1 Å². The van der Waals surface area contributed by atoms with E-state index < -0.39 is 5.97 Å². The molecule has 11 heteroatoms. The van der Waals surface area contributed by atoms with Crippen molar-refractivity contribution in [2.75, 3.05) is 42.7 Å². The quantitative estimate of drug-likeness (QED) is 0.225. The van der Waals surface area contributed by atoms with Crippen LogP contribution in [0.1, 0.15) is 25.7 Å². The van der Waals surface area contributed by atoms with Gasteiger partial charge in [-0.1, -0.05) is 30.4 Å². The van der Waals surface area contributed by atoms with Crippen LogP contribution in [0.2, 0.25) is 0 Å². The molecule has 0 spiro atoms. The van der Waals surface area contributed by atoms with E-state index in [2.05, 4.69) is 11.1 Å². The summed E-state index contributed by atoms with van der Waals surface area (Å²) >= 11 is 5.70. The highest BCUT2D eigenvalue weighted by atomic mass is 32.1. The molecule has 2 N–H and O–H groups in total. The van der Waals surface area contributed by atoms with E-state index >= 15 is 0 Å². The van der Waals surface area contributed by atoms with Gasteiger partial charge in [-0.2, -0.15) is 0 Å². The van der Waals surface area contributed by atoms with Crippen LogP contribution in [0.5, 0.6) is 5.75 Å². The van der Waals surface area contributed by atoms with E-state index in [0.29, 0.717) is 48.0 Å². The van der Waals surface area contributed by atoms with Crippen LogP contribution < -0.4 is 14.5 Å². The van der Waals surface area contributed by atoms with Crippen LogP contribution in [0.25, 0.3) is 0 Å². The Hall–Kier alpha value is -4.32. The van der Waals surface area contributed by atoms with E-state index in [1.807, 2.05) is 47.4 Å². The van der Waals surface area contributed by atoms with Gasteiger partial charge in [-0.15, -0.1) is 0 Å². The lowest BCUT2D eigenvalue weighted by Crippen LogP contribution is -2.34. The number of hydrogen-bond donors (Lipinski definition) is 2. The number of aliphatic hydroxyl groups excluding tert-OH is 1. The van der Waals surface area contributed by atoms with Crippen molar-refractivity contribution < 1.29 is 29.3 Å². The number of carboxylic acids is 1. The second-order valence-corrected chi connectivity index (χ2v) is 10.2. The SMILES string of the molecule is O=C(O)CCN1/C(=C\C=C2C=C(/C=C3\C(=O)N(c4ccccn4)C(=S)N3CCOCCO)CCC\2)Oc2ccccc21. The largest absolute Gasteiger partial charge is 0.481 e. The number of aromatic nitrogens is 1. The van der Waals surface area contributed by atoms with Gasteiger partial charge in [0.25, 0.3) is 5.91 Å². The number of nitrogens with zero attached hydrogens (tertiary/aromatic N) is 4. The van der Waals surface area contributed by atoms with Crippen molar-refractivity contribution in [2.24, 2.45) is 0 Å². The van der Waals surface area contributed by atoms with Gasteiger partial charge in [0.2, 0.25) is 5.88 Å². The third kappa shape index (κ3) is 6.59. The van der Waals surface area contributed by atoms with Crippen LogP contribution in [0, 0.1) is 0 Å². The van der Waals surface area contributed by atoms with Gasteiger partial charge < -0.3 is 29.5 Å². The van der Waals surface area contributed by atoms with Crippen LogP contribution in [0.3, 0.4) is 0 Å². The molecule has 3 aliphatic rings. The molecule has 1 aromatic heterocycles. The Bertz CT molecular complexity index is 1470. The highest BCUT2D eigenvalue weighted by molar-refractivity contribution is 7.80. The molecule has 0 atom stereocenters. The van der Waals surface area contributed by atoms with Crippen LogP contribution in [0.4, 0.5) is 11.5 Å². The van der Waals surface area contributed by atoms with Crippen molar-refractivity contribution in [2.45, 2.75) is 25.7 Å². The average molecular weight is 589 g/mol. The maximum atomic E-state index is 13.6. The van der Waals surface area contributed by atoms with Crippen molar-refractivity contribution in [3.8, 4) is 5.75 Å². The van der Waals surface area contributed by atoms with Crippen molar-refractivity contribution in [1.82, 2.24) is 9.88 Å². The number of aliphatic carboxylic acids is 1. The fraction of sp³-hybridized carbons (Fsp3) is 0.290. The molecule has 0 unspecified atom stereocenters. The molecule has 1 aromatic carbocycles. The van der Waals surface area contributed by atoms with E-state index in [1.54, 1.807) is 29.3 Å². The van der Waals surface area contributed by atoms with E-state index in [4.69, 9.17) is 26.8 Å². The fourth-order valence-corrected chi connectivity index (χ4v) is 5.37. The minimum absolute atomic E-state index is 0.0177. The second-order valence-electron chi connectivity index (χ2n) is 9.81. The van der Waals surface area contributed by atoms with Crippen LogP contribution in [-0.2, 0) is 14.3 Å². The number of anilines is 2. The predicted molar refractivity (Wildman–Crippen MR) is 162 cm³/mol.